The van der Waals surface area contributed by atoms with Crippen molar-refractivity contribution in [1.29, 1.82) is 0 Å². The molecule has 0 radical (unpaired) electrons. The van der Waals surface area contributed by atoms with Crippen molar-refractivity contribution in [2.45, 2.75) is 31.8 Å². The molecule has 2 aliphatic rings. The fraction of sp³-hybridized carbons (Fsp3) is 0.471. The number of aryl methyl sites for hydroxylation is 1. The van der Waals surface area contributed by atoms with Gasteiger partial charge in [0.1, 0.15) is 18.0 Å². The van der Waals surface area contributed by atoms with Crippen LogP contribution in [0.2, 0.25) is 0 Å². The predicted molar refractivity (Wildman–Crippen MR) is 89.1 cm³/mol. The van der Waals surface area contributed by atoms with Gasteiger partial charge in [-0.25, -0.2) is 15.0 Å². The van der Waals surface area contributed by atoms with Gasteiger partial charge in [-0.2, -0.15) is 0 Å². The number of anilines is 2. The molecule has 0 spiro atoms. The van der Waals surface area contributed by atoms with E-state index in [0.717, 1.165) is 43.3 Å². The summed E-state index contributed by atoms with van der Waals surface area (Å²) in [5.74, 6) is 2.68. The molecule has 2 aromatic heterocycles. The Labute approximate surface area is 136 Å². The predicted octanol–water partition coefficient (Wildman–Crippen LogP) is 2.05. The standard InChI is InChI=1S/C17H21N5O/c1-12-4-3-5-15(20-12)21-8-6-14-13(21)7-9-22(14)16-10-17(23-2)19-11-18-16/h3-5,10-11,13-14H,6-9H2,1-2H3/t13-,14+/m1/s1. The molecule has 0 N–H and O–H groups in total. The SMILES string of the molecule is COc1cc(N2CC[C@@H]3[C@@H]2CCN3c2cccc(C)n2)ncn1. The van der Waals surface area contributed by atoms with Crippen molar-refractivity contribution in [3.8, 4) is 5.88 Å². The molecule has 0 aliphatic carbocycles. The van der Waals surface area contributed by atoms with Crippen LogP contribution in [0, 0.1) is 6.92 Å². The lowest BCUT2D eigenvalue weighted by atomic mass is 10.1. The van der Waals surface area contributed by atoms with E-state index in [1.807, 2.05) is 19.1 Å². The highest BCUT2D eigenvalue weighted by Crippen LogP contribution is 2.36. The van der Waals surface area contributed by atoms with Crippen molar-refractivity contribution < 1.29 is 4.74 Å². The number of fused-ring (bicyclic) bond motifs is 1. The molecule has 2 aliphatic heterocycles. The monoisotopic (exact) mass is 311 g/mol. The second-order valence-electron chi connectivity index (χ2n) is 6.15. The van der Waals surface area contributed by atoms with Crippen molar-refractivity contribution in [1.82, 2.24) is 15.0 Å². The number of hydrogen-bond donors (Lipinski definition) is 0. The molecule has 4 heterocycles. The Morgan fingerprint density at radius 3 is 2.48 bits per heavy atom. The summed E-state index contributed by atoms with van der Waals surface area (Å²) in [6, 6.07) is 9.17. The van der Waals surface area contributed by atoms with Gasteiger partial charge in [-0.05, 0) is 31.9 Å². The Morgan fingerprint density at radius 2 is 1.78 bits per heavy atom. The average Bonchev–Trinajstić information content (AvgIpc) is 3.16. The number of ether oxygens (including phenoxy) is 1. The van der Waals surface area contributed by atoms with Crippen LogP contribution in [0.25, 0.3) is 0 Å². The molecule has 2 fully saturated rings. The summed E-state index contributed by atoms with van der Waals surface area (Å²) in [5.41, 5.74) is 1.07. The van der Waals surface area contributed by atoms with Crippen LogP contribution < -0.4 is 14.5 Å². The van der Waals surface area contributed by atoms with Gasteiger partial charge in [-0.1, -0.05) is 6.07 Å². The summed E-state index contributed by atoms with van der Waals surface area (Å²) in [5, 5.41) is 0. The first-order valence-corrected chi connectivity index (χ1v) is 8.09. The fourth-order valence-electron chi connectivity index (χ4n) is 3.84. The third kappa shape index (κ3) is 2.48. The highest BCUT2D eigenvalue weighted by molar-refractivity contribution is 5.50. The van der Waals surface area contributed by atoms with Gasteiger partial charge in [0.05, 0.1) is 19.2 Å². The molecule has 2 aromatic rings. The summed E-state index contributed by atoms with van der Waals surface area (Å²) in [4.78, 5) is 18.1. The quantitative estimate of drug-likeness (QED) is 0.865. The van der Waals surface area contributed by atoms with Crippen LogP contribution in [-0.4, -0.2) is 47.2 Å². The van der Waals surface area contributed by atoms with Crippen LogP contribution in [0.15, 0.2) is 30.6 Å². The Morgan fingerprint density at radius 1 is 1.04 bits per heavy atom. The van der Waals surface area contributed by atoms with Crippen molar-refractivity contribution in [2.24, 2.45) is 0 Å². The van der Waals surface area contributed by atoms with Gasteiger partial charge in [-0.3, -0.25) is 0 Å². The van der Waals surface area contributed by atoms with Crippen molar-refractivity contribution in [3.63, 3.8) is 0 Å². The van der Waals surface area contributed by atoms with E-state index < -0.39 is 0 Å². The maximum Gasteiger partial charge on any atom is 0.218 e. The zero-order valence-electron chi connectivity index (χ0n) is 13.5. The lowest BCUT2D eigenvalue weighted by molar-refractivity contribution is 0.396. The molecule has 0 amide bonds. The van der Waals surface area contributed by atoms with Crippen LogP contribution in [0.3, 0.4) is 0 Å². The molecule has 4 rings (SSSR count). The number of pyridine rings is 1. The molecule has 0 unspecified atom stereocenters. The third-order valence-corrected chi connectivity index (χ3v) is 4.88. The summed E-state index contributed by atoms with van der Waals surface area (Å²) >= 11 is 0. The molecule has 6 heteroatoms. The largest absolute Gasteiger partial charge is 0.481 e. The number of rotatable bonds is 3. The average molecular weight is 311 g/mol. The minimum absolute atomic E-state index is 0.483. The Bertz CT molecular complexity index is 707. The van der Waals surface area contributed by atoms with Gasteiger partial charge in [0.15, 0.2) is 0 Å². The van der Waals surface area contributed by atoms with E-state index in [4.69, 9.17) is 9.72 Å². The lowest BCUT2D eigenvalue weighted by Crippen LogP contribution is -2.37. The summed E-state index contributed by atoms with van der Waals surface area (Å²) < 4.78 is 5.23. The molecule has 23 heavy (non-hydrogen) atoms. The van der Waals surface area contributed by atoms with E-state index in [0.29, 0.717) is 18.0 Å². The maximum atomic E-state index is 5.23. The van der Waals surface area contributed by atoms with E-state index in [2.05, 4.69) is 31.9 Å². The lowest BCUT2D eigenvalue weighted by Gasteiger charge is -2.27. The molecule has 120 valence electrons. The van der Waals surface area contributed by atoms with Gasteiger partial charge in [0.25, 0.3) is 0 Å². The first-order chi connectivity index (χ1) is 11.3. The second kappa shape index (κ2) is 5.68. The summed E-state index contributed by atoms with van der Waals surface area (Å²) in [6.07, 6.45) is 3.84. The van der Waals surface area contributed by atoms with Crippen molar-refractivity contribution in [2.75, 3.05) is 30.0 Å². The number of hydrogen-bond acceptors (Lipinski definition) is 6. The maximum absolute atomic E-state index is 5.23. The van der Waals surface area contributed by atoms with Gasteiger partial charge in [-0.15, -0.1) is 0 Å². The van der Waals surface area contributed by atoms with Gasteiger partial charge in [0.2, 0.25) is 5.88 Å². The zero-order valence-corrected chi connectivity index (χ0v) is 13.5. The molecule has 0 bridgehead atoms. The van der Waals surface area contributed by atoms with Gasteiger partial charge < -0.3 is 14.5 Å². The smallest absolute Gasteiger partial charge is 0.218 e. The van der Waals surface area contributed by atoms with Gasteiger partial charge in [0, 0.05) is 24.8 Å². The summed E-state index contributed by atoms with van der Waals surface area (Å²) in [6.45, 7) is 4.10. The minimum atomic E-state index is 0.483. The normalized spacial score (nSPS) is 23.2. The molecular formula is C17H21N5O. The van der Waals surface area contributed by atoms with E-state index in [1.165, 1.54) is 0 Å². The topological polar surface area (TPSA) is 54.4 Å². The molecule has 0 aromatic carbocycles. The van der Waals surface area contributed by atoms with E-state index in [1.54, 1.807) is 13.4 Å². The molecular weight excluding hydrogens is 290 g/mol. The molecule has 2 saturated heterocycles. The molecule has 0 saturated carbocycles. The Hall–Kier alpha value is -2.37. The van der Waals surface area contributed by atoms with Crippen LogP contribution in [0.1, 0.15) is 18.5 Å². The summed E-state index contributed by atoms with van der Waals surface area (Å²) in [7, 11) is 1.64. The van der Waals surface area contributed by atoms with Crippen LogP contribution in [0.4, 0.5) is 11.6 Å². The molecule has 2 atom stereocenters. The van der Waals surface area contributed by atoms with Crippen LogP contribution >= 0.6 is 0 Å². The fourth-order valence-corrected chi connectivity index (χ4v) is 3.84. The highest BCUT2D eigenvalue weighted by atomic mass is 16.5. The number of methoxy groups -OCH3 is 1. The van der Waals surface area contributed by atoms with Crippen LogP contribution in [-0.2, 0) is 0 Å². The third-order valence-electron chi connectivity index (χ3n) is 4.88. The first-order valence-electron chi connectivity index (χ1n) is 8.09. The van der Waals surface area contributed by atoms with E-state index in [-0.39, 0.29) is 0 Å². The minimum Gasteiger partial charge on any atom is -0.481 e. The second-order valence-corrected chi connectivity index (χ2v) is 6.15. The first kappa shape index (κ1) is 14.2. The van der Waals surface area contributed by atoms with Crippen molar-refractivity contribution >= 4 is 11.6 Å². The Balaban J connectivity index is 1.58. The van der Waals surface area contributed by atoms with E-state index >= 15 is 0 Å². The van der Waals surface area contributed by atoms with E-state index in [9.17, 15) is 0 Å². The number of nitrogens with zero attached hydrogens (tertiary/aromatic N) is 5. The highest BCUT2D eigenvalue weighted by Gasteiger charge is 2.43. The van der Waals surface area contributed by atoms with Gasteiger partial charge >= 0.3 is 0 Å². The van der Waals surface area contributed by atoms with Crippen LogP contribution in [0.5, 0.6) is 5.88 Å². The number of aromatic nitrogens is 3. The van der Waals surface area contributed by atoms with Crippen molar-refractivity contribution in [3.05, 3.63) is 36.3 Å². The zero-order chi connectivity index (χ0) is 15.8. The molecule has 6 nitrogen and oxygen atoms in total. The Kier molecular flexibility index (Phi) is 3.52.